The maximum Gasteiger partial charge on any atom is 0.0885 e. The predicted molar refractivity (Wildman–Crippen MR) is 55.2 cm³/mol. The molecule has 0 aromatic rings. The minimum absolute atomic E-state index is 0.408. The van der Waals surface area contributed by atoms with E-state index < -0.39 is 6.10 Å². The third-order valence-corrected chi connectivity index (χ3v) is 2.73. The van der Waals surface area contributed by atoms with Crippen LogP contribution in [0.4, 0.5) is 0 Å². The van der Waals surface area contributed by atoms with Crippen LogP contribution in [0.3, 0.4) is 0 Å². The van der Waals surface area contributed by atoms with Crippen molar-refractivity contribution in [2.75, 3.05) is 0 Å². The summed E-state index contributed by atoms with van der Waals surface area (Å²) in [6.45, 7) is 3.66. The lowest BCUT2D eigenvalue weighted by Gasteiger charge is -2.15. The number of aliphatic hydroxyl groups excluding tert-OH is 1. The first kappa shape index (κ1) is 10.0. The Morgan fingerprint density at radius 3 is 2.92 bits per heavy atom. The summed E-state index contributed by atoms with van der Waals surface area (Å²) < 4.78 is 0.689. The van der Waals surface area contributed by atoms with Crippen molar-refractivity contribution >= 4 is 15.9 Å². The molecule has 0 aromatic heterocycles. The van der Waals surface area contributed by atoms with Crippen LogP contribution in [0.1, 0.15) is 32.1 Å². The number of hydrogen-bond donors (Lipinski definition) is 1. The summed E-state index contributed by atoms with van der Waals surface area (Å²) in [4.78, 5) is 0. The van der Waals surface area contributed by atoms with Gasteiger partial charge in [-0.2, -0.15) is 0 Å². The Hall–Kier alpha value is -0.0800. The summed E-state index contributed by atoms with van der Waals surface area (Å²) in [6.07, 6.45) is 7.50. The molecule has 1 aliphatic carbocycles. The van der Waals surface area contributed by atoms with Crippen LogP contribution < -0.4 is 0 Å². The highest BCUT2D eigenvalue weighted by Crippen LogP contribution is 2.24. The first-order valence-electron chi connectivity index (χ1n) is 4.40. The van der Waals surface area contributed by atoms with Gasteiger partial charge in [0.1, 0.15) is 0 Å². The Morgan fingerprint density at radius 1 is 1.67 bits per heavy atom. The molecule has 0 saturated heterocycles. The van der Waals surface area contributed by atoms with Gasteiger partial charge in [0.15, 0.2) is 0 Å². The van der Waals surface area contributed by atoms with Crippen LogP contribution in [0.2, 0.25) is 0 Å². The molecule has 0 heterocycles. The van der Waals surface area contributed by atoms with Gasteiger partial charge in [-0.1, -0.05) is 34.2 Å². The van der Waals surface area contributed by atoms with Crippen LogP contribution in [0.25, 0.3) is 0 Å². The highest BCUT2D eigenvalue weighted by molar-refractivity contribution is 9.11. The Bertz CT molecular complexity index is 196. The van der Waals surface area contributed by atoms with Gasteiger partial charge >= 0.3 is 0 Å². The standard InChI is InChI=1S/C10H15BrO/c1-8(11)10(12)7-9-5-3-2-4-6-9/h5,10,12H,1-4,6-7H2. The van der Waals surface area contributed by atoms with Crippen LogP contribution >= 0.6 is 15.9 Å². The van der Waals surface area contributed by atoms with Crippen LogP contribution in [0.15, 0.2) is 22.7 Å². The fourth-order valence-electron chi connectivity index (χ4n) is 1.45. The quantitative estimate of drug-likeness (QED) is 0.739. The lowest BCUT2D eigenvalue weighted by Crippen LogP contribution is -2.08. The second-order valence-electron chi connectivity index (χ2n) is 3.27. The summed E-state index contributed by atoms with van der Waals surface area (Å²) in [5.41, 5.74) is 1.38. The number of halogens is 1. The average Bonchev–Trinajstić information content (AvgIpc) is 2.06. The maximum atomic E-state index is 9.49. The van der Waals surface area contributed by atoms with Crippen molar-refractivity contribution in [2.45, 2.75) is 38.2 Å². The third kappa shape index (κ3) is 3.11. The molecule has 0 aromatic carbocycles. The van der Waals surface area contributed by atoms with E-state index in [1.807, 2.05) is 0 Å². The molecule has 68 valence electrons. The zero-order valence-corrected chi connectivity index (χ0v) is 8.81. The SMILES string of the molecule is C=C(Br)C(O)CC1=CCCCC1. The highest BCUT2D eigenvalue weighted by atomic mass is 79.9. The predicted octanol–water partition coefficient (Wildman–Crippen LogP) is 3.15. The van der Waals surface area contributed by atoms with Gasteiger partial charge in [0.2, 0.25) is 0 Å². The summed E-state index contributed by atoms with van der Waals surface area (Å²) >= 11 is 3.19. The van der Waals surface area contributed by atoms with Crippen LogP contribution in [-0.4, -0.2) is 11.2 Å². The van der Waals surface area contributed by atoms with Gasteiger partial charge in [-0.25, -0.2) is 0 Å². The minimum atomic E-state index is -0.408. The molecule has 0 radical (unpaired) electrons. The summed E-state index contributed by atoms with van der Waals surface area (Å²) in [5, 5.41) is 9.49. The second-order valence-corrected chi connectivity index (χ2v) is 4.29. The van der Waals surface area contributed by atoms with Crippen molar-refractivity contribution in [2.24, 2.45) is 0 Å². The molecule has 1 aliphatic rings. The molecule has 2 heteroatoms. The number of hydrogen-bond acceptors (Lipinski definition) is 1. The summed E-state index contributed by atoms with van der Waals surface area (Å²) in [7, 11) is 0. The number of rotatable bonds is 3. The molecule has 1 atom stereocenters. The molecule has 0 bridgehead atoms. The second kappa shape index (κ2) is 4.83. The van der Waals surface area contributed by atoms with Gasteiger partial charge in [0.05, 0.1) is 6.10 Å². The van der Waals surface area contributed by atoms with E-state index in [1.54, 1.807) is 0 Å². The van der Waals surface area contributed by atoms with Gasteiger partial charge in [-0.15, -0.1) is 0 Å². The fourth-order valence-corrected chi connectivity index (χ4v) is 1.61. The number of aliphatic hydroxyl groups is 1. The van der Waals surface area contributed by atoms with Crippen molar-refractivity contribution in [3.05, 3.63) is 22.7 Å². The van der Waals surface area contributed by atoms with E-state index in [0.717, 1.165) is 12.8 Å². The van der Waals surface area contributed by atoms with Crippen LogP contribution in [0.5, 0.6) is 0 Å². The molecule has 0 spiro atoms. The molecule has 1 N–H and O–H groups in total. The average molecular weight is 231 g/mol. The molecule has 12 heavy (non-hydrogen) atoms. The monoisotopic (exact) mass is 230 g/mol. The van der Waals surface area contributed by atoms with Gasteiger partial charge < -0.3 is 5.11 Å². The summed E-state index contributed by atoms with van der Waals surface area (Å²) in [5.74, 6) is 0. The fraction of sp³-hybridized carbons (Fsp3) is 0.600. The third-order valence-electron chi connectivity index (χ3n) is 2.20. The van der Waals surface area contributed by atoms with E-state index in [0.29, 0.717) is 4.48 Å². The molecule has 1 rings (SSSR count). The largest absolute Gasteiger partial charge is 0.388 e. The van der Waals surface area contributed by atoms with Crippen LogP contribution in [0, 0.1) is 0 Å². The molecule has 1 nitrogen and oxygen atoms in total. The van der Waals surface area contributed by atoms with Crippen molar-refractivity contribution < 1.29 is 5.11 Å². The van der Waals surface area contributed by atoms with E-state index in [2.05, 4.69) is 28.6 Å². The Balaban J connectivity index is 2.39. The van der Waals surface area contributed by atoms with Gasteiger partial charge in [-0.3, -0.25) is 0 Å². The molecule has 0 fully saturated rings. The van der Waals surface area contributed by atoms with Crippen LogP contribution in [-0.2, 0) is 0 Å². The molecule has 1 unspecified atom stereocenters. The van der Waals surface area contributed by atoms with Crippen molar-refractivity contribution in [3.8, 4) is 0 Å². The normalized spacial score (nSPS) is 20.0. The lowest BCUT2D eigenvalue weighted by atomic mass is 9.95. The zero-order valence-electron chi connectivity index (χ0n) is 7.22. The first-order chi connectivity index (χ1) is 5.70. The van der Waals surface area contributed by atoms with E-state index in [-0.39, 0.29) is 0 Å². The molecule has 0 saturated carbocycles. The van der Waals surface area contributed by atoms with Gasteiger partial charge in [-0.05, 0) is 32.1 Å². The Kier molecular flexibility index (Phi) is 4.02. The first-order valence-corrected chi connectivity index (χ1v) is 5.19. The summed E-state index contributed by atoms with van der Waals surface area (Å²) in [6, 6.07) is 0. The number of allylic oxidation sites excluding steroid dienone is 1. The van der Waals surface area contributed by atoms with E-state index in [9.17, 15) is 5.11 Å². The topological polar surface area (TPSA) is 20.2 Å². The van der Waals surface area contributed by atoms with Gasteiger partial charge in [0, 0.05) is 4.48 Å². The Morgan fingerprint density at radius 2 is 2.42 bits per heavy atom. The van der Waals surface area contributed by atoms with E-state index in [4.69, 9.17) is 0 Å². The zero-order chi connectivity index (χ0) is 8.97. The smallest absolute Gasteiger partial charge is 0.0885 e. The van der Waals surface area contributed by atoms with Crippen molar-refractivity contribution in [1.82, 2.24) is 0 Å². The van der Waals surface area contributed by atoms with Crippen molar-refractivity contribution in [3.63, 3.8) is 0 Å². The molecule has 0 aliphatic heterocycles. The highest BCUT2D eigenvalue weighted by Gasteiger charge is 2.10. The van der Waals surface area contributed by atoms with E-state index in [1.165, 1.54) is 24.8 Å². The van der Waals surface area contributed by atoms with Gasteiger partial charge in [0.25, 0.3) is 0 Å². The minimum Gasteiger partial charge on any atom is -0.388 e. The maximum absolute atomic E-state index is 9.49. The van der Waals surface area contributed by atoms with E-state index >= 15 is 0 Å². The van der Waals surface area contributed by atoms with Crippen molar-refractivity contribution in [1.29, 1.82) is 0 Å². The lowest BCUT2D eigenvalue weighted by molar-refractivity contribution is 0.219. The Labute approximate surface area is 82.3 Å². The molecular weight excluding hydrogens is 216 g/mol. The molecule has 0 amide bonds. The molecular formula is C10H15BrO.